The van der Waals surface area contributed by atoms with Crippen molar-refractivity contribution >= 4 is 48.3 Å². The summed E-state index contributed by atoms with van der Waals surface area (Å²) >= 11 is -1.47. The average molecular weight is 161 g/mol. The lowest BCUT2D eigenvalue weighted by molar-refractivity contribution is 0.586. The lowest BCUT2D eigenvalue weighted by Gasteiger charge is -1.33. The third-order valence-electron chi connectivity index (χ3n) is 0. The van der Waals surface area contributed by atoms with Crippen LogP contribution in [0.25, 0.3) is 0 Å². The highest BCUT2D eigenvalue weighted by Crippen LogP contribution is 1.67. The molecule has 0 aromatic heterocycles. The van der Waals surface area contributed by atoms with Gasteiger partial charge in [-0.3, -0.25) is 0 Å². The van der Waals surface area contributed by atoms with Crippen LogP contribution in [-0.2, 0) is 11.9 Å². The number of thiol groups is 1. The molecule has 0 saturated carbocycles. The van der Waals surface area contributed by atoms with Crippen molar-refractivity contribution in [3.8, 4) is 0 Å². The van der Waals surface area contributed by atoms with Gasteiger partial charge in [0.25, 0.3) is 0 Å². The number of hydrogen-bond acceptors (Lipinski definition) is 1. The second kappa shape index (κ2) is 16.1. The predicted molar refractivity (Wildman–Crippen MR) is 29.6 cm³/mol. The van der Waals surface area contributed by atoms with E-state index in [-0.39, 0.29) is 0 Å². The van der Waals surface area contributed by atoms with Crippen molar-refractivity contribution in [2.45, 2.75) is 0 Å². The molecule has 6 heteroatoms. The molecule has 0 atom stereocenters. The molecule has 0 spiro atoms. The fourth-order valence-corrected chi connectivity index (χ4v) is 0. The van der Waals surface area contributed by atoms with E-state index in [9.17, 15) is 0 Å². The molecule has 0 fully saturated rings. The Balaban J connectivity index is 0. The normalized spacial score (nSPS) is 4.50. The molecule has 6 heavy (non-hydrogen) atoms. The molecule has 0 aromatic carbocycles. The van der Waals surface area contributed by atoms with Gasteiger partial charge in [-0.2, -0.15) is 0 Å². The summed E-state index contributed by atoms with van der Waals surface area (Å²) in [5, 5.41) is 0. The van der Waals surface area contributed by atoms with Gasteiger partial charge >= 0.3 is 18.2 Å². The summed E-state index contributed by atoms with van der Waals surface area (Å²) < 4.78 is 15.4. The number of halogens is 2. The fourth-order valence-electron chi connectivity index (χ4n) is 0. The van der Waals surface area contributed by atoms with Gasteiger partial charge in [0.1, 0.15) is 11.9 Å². The maximum absolute atomic E-state index is 8.46. The van der Waals surface area contributed by atoms with Gasteiger partial charge in [-0.1, -0.05) is 0 Å². The van der Waals surface area contributed by atoms with E-state index in [1.807, 2.05) is 0 Å². The summed E-state index contributed by atoms with van der Waals surface area (Å²) in [5.41, 5.74) is 0. The van der Waals surface area contributed by atoms with Crippen LogP contribution in [0.5, 0.6) is 0 Å². The first-order chi connectivity index (χ1) is 2.83. The third-order valence-corrected chi connectivity index (χ3v) is 0. The Morgan fingerprint density at radius 2 is 1.67 bits per heavy atom. The first kappa shape index (κ1) is 10.4. The van der Waals surface area contributed by atoms with E-state index >= 15 is 0 Å². The van der Waals surface area contributed by atoms with E-state index < -0.39 is 30.1 Å². The lowest BCUT2D eigenvalue weighted by atomic mass is 15.9. The van der Waals surface area contributed by atoms with Gasteiger partial charge in [0.15, 0.2) is 0 Å². The molecule has 0 unspecified atom stereocenters. The maximum atomic E-state index is 8.46. The molecule has 0 amide bonds. The highest BCUT2D eigenvalue weighted by Gasteiger charge is 1.64. The molecule has 0 rings (SSSR count). The Morgan fingerprint density at radius 3 is 1.67 bits per heavy atom. The Labute approximate surface area is 56.8 Å². The Kier molecular flexibility index (Phi) is 28.0. The van der Waals surface area contributed by atoms with Crippen LogP contribution in [0.1, 0.15) is 0 Å². The zero-order chi connectivity index (χ0) is 5.41. The minimum absolute atomic E-state index is 0.639. The zero-order valence-corrected chi connectivity index (χ0v) is 6.59. The van der Waals surface area contributed by atoms with Gasteiger partial charge in [0.2, 0.25) is 0 Å². The van der Waals surface area contributed by atoms with Gasteiger partial charge < -0.3 is 22.7 Å². The summed E-state index contributed by atoms with van der Waals surface area (Å²) in [4.78, 5) is 0. The van der Waals surface area contributed by atoms with Crippen molar-refractivity contribution in [2.24, 2.45) is 0 Å². The van der Waals surface area contributed by atoms with Crippen LogP contribution in [0.3, 0.4) is 0 Å². The van der Waals surface area contributed by atoms with Crippen LogP contribution in [0, 0.1) is 0 Å². The quantitative estimate of drug-likeness (QED) is 0.307. The Hall–Kier alpha value is 1.46. The molecule has 0 saturated heterocycles. The van der Waals surface area contributed by atoms with Gasteiger partial charge in [0, 0.05) is 0 Å². The summed E-state index contributed by atoms with van der Waals surface area (Å²) in [7, 11) is 9.81. The largest absolute Gasteiger partial charge is 0.618 e. The topological polar surface area (TPSA) is 37.3 Å². The van der Waals surface area contributed by atoms with E-state index in [0.717, 1.165) is 0 Å². The molecule has 0 aliphatic carbocycles. The standard InChI is InChI=1S/2ClH.Mg.H2O2S/c;;;1-3-2/h2*1H;;3H,(H,1,2)/q;;+2;/p-2. The van der Waals surface area contributed by atoms with E-state index in [2.05, 4.69) is 0 Å². The summed E-state index contributed by atoms with van der Waals surface area (Å²) in [6, 6.07) is 0. The summed E-state index contributed by atoms with van der Waals surface area (Å²) in [5.74, 6) is 0. The third kappa shape index (κ3) is 51.1. The van der Waals surface area contributed by atoms with E-state index in [1.54, 1.807) is 0 Å². The van der Waals surface area contributed by atoms with Crippen LogP contribution < -0.4 is 0 Å². The summed E-state index contributed by atoms with van der Waals surface area (Å²) in [6.07, 6.45) is 0. The molecule has 0 aliphatic heterocycles. The van der Waals surface area contributed by atoms with Gasteiger partial charge in [-0.25, -0.2) is 4.21 Å². The van der Waals surface area contributed by atoms with Crippen LogP contribution in [-0.4, -0.2) is 26.9 Å². The second-order valence-corrected chi connectivity index (χ2v) is 2.97. The minimum atomic E-state index is -0.833. The van der Waals surface area contributed by atoms with Crippen molar-refractivity contribution in [1.82, 2.24) is 0 Å². The second-order valence-electron chi connectivity index (χ2n) is 0.183. The van der Waals surface area contributed by atoms with Gasteiger partial charge in [-0.05, 0) is 0 Å². The highest BCUT2D eigenvalue weighted by atomic mass is 35.6. The monoisotopic (exact) mass is 160 g/mol. The molecule has 2 nitrogen and oxygen atoms in total. The molecular formula is H2Cl2MgO2S. The zero-order valence-electron chi connectivity index (χ0n) is 2.77. The van der Waals surface area contributed by atoms with Crippen molar-refractivity contribution in [3.05, 3.63) is 0 Å². The molecule has 0 bridgehead atoms. The van der Waals surface area contributed by atoms with E-state index in [4.69, 9.17) is 26.9 Å². The first-order valence-electron chi connectivity index (χ1n) is 0.917. The molecule has 1 N–H and O–H groups in total. The van der Waals surface area contributed by atoms with Gasteiger partial charge in [0.05, 0.1) is 0 Å². The molecule has 0 aliphatic rings. The van der Waals surface area contributed by atoms with E-state index in [0.29, 0.717) is 0 Å². The van der Waals surface area contributed by atoms with Crippen LogP contribution in [0.15, 0.2) is 0 Å². The van der Waals surface area contributed by atoms with Crippen molar-refractivity contribution in [3.63, 3.8) is 0 Å². The summed E-state index contributed by atoms with van der Waals surface area (Å²) in [6.45, 7) is 0. The molecule has 0 aromatic rings. The maximum Gasteiger partial charge on any atom is 0.618 e. The Bertz CT molecular complexity index is 25.5. The van der Waals surface area contributed by atoms with Crippen molar-refractivity contribution in [2.75, 3.05) is 0 Å². The number of rotatable bonds is 0. The highest BCUT2D eigenvalue weighted by molar-refractivity contribution is 7.59. The molecule has 0 radical (unpaired) electrons. The molecule has 0 heterocycles. The van der Waals surface area contributed by atoms with Crippen molar-refractivity contribution < 1.29 is 8.76 Å². The van der Waals surface area contributed by atoms with Gasteiger partial charge in [-0.15, -0.1) is 0 Å². The predicted octanol–water partition coefficient (Wildman–Crippen LogP) is 0.403. The molecule has 36 valence electrons. The van der Waals surface area contributed by atoms with Crippen LogP contribution in [0.4, 0.5) is 0 Å². The lowest BCUT2D eigenvalue weighted by Crippen LogP contribution is -1.39. The minimum Gasteiger partial charge on any atom is -0.309 e. The fraction of sp³-hybridized carbons (Fsp3) is 0. The SMILES string of the molecule is O=[SH]O.[Cl][Mg][Cl]. The average Bonchev–Trinajstić information content (AvgIpc) is 1.39. The smallest absolute Gasteiger partial charge is 0.309 e. The van der Waals surface area contributed by atoms with Crippen LogP contribution >= 0.6 is 18.1 Å². The van der Waals surface area contributed by atoms with Crippen LogP contribution in [0.2, 0.25) is 0 Å². The molecular weight excluding hydrogens is 159 g/mol. The Morgan fingerprint density at radius 1 is 1.67 bits per heavy atom. The van der Waals surface area contributed by atoms with Crippen molar-refractivity contribution in [1.29, 1.82) is 0 Å². The van der Waals surface area contributed by atoms with E-state index in [1.165, 1.54) is 0 Å². The number of hydrogen-bond donors (Lipinski definition) is 2. The first-order valence-corrected chi connectivity index (χ1v) is 5.96.